The van der Waals surface area contributed by atoms with E-state index in [1.54, 1.807) is 4.90 Å². The SMILES string of the molecule is CCN(CC)C(=N)c1cc(F)ccc1F. The van der Waals surface area contributed by atoms with Gasteiger partial charge in [0.25, 0.3) is 0 Å². The Labute approximate surface area is 88.0 Å². The maximum Gasteiger partial charge on any atom is 0.134 e. The number of nitrogens with one attached hydrogen (secondary N) is 1. The minimum atomic E-state index is -0.562. The van der Waals surface area contributed by atoms with Crippen molar-refractivity contribution in [2.24, 2.45) is 0 Å². The predicted octanol–water partition coefficient (Wildman–Crippen LogP) is 2.63. The minimum absolute atomic E-state index is 0.0127. The van der Waals surface area contributed by atoms with Crippen LogP contribution in [0.15, 0.2) is 18.2 Å². The van der Waals surface area contributed by atoms with Crippen molar-refractivity contribution >= 4 is 5.84 Å². The molecule has 1 N–H and O–H groups in total. The van der Waals surface area contributed by atoms with E-state index in [0.29, 0.717) is 13.1 Å². The van der Waals surface area contributed by atoms with Gasteiger partial charge in [-0.2, -0.15) is 0 Å². The molecule has 0 amide bonds. The number of hydrogen-bond acceptors (Lipinski definition) is 1. The van der Waals surface area contributed by atoms with Crippen LogP contribution in [0.3, 0.4) is 0 Å². The van der Waals surface area contributed by atoms with Crippen LogP contribution in [0.4, 0.5) is 8.78 Å². The fraction of sp³-hybridized carbons (Fsp3) is 0.364. The number of amidine groups is 1. The Morgan fingerprint density at radius 3 is 2.40 bits per heavy atom. The van der Waals surface area contributed by atoms with Gasteiger partial charge in [-0.25, -0.2) is 8.78 Å². The quantitative estimate of drug-likeness (QED) is 0.605. The summed E-state index contributed by atoms with van der Waals surface area (Å²) >= 11 is 0. The van der Waals surface area contributed by atoms with Crippen LogP contribution in [-0.4, -0.2) is 23.8 Å². The molecule has 0 bridgehead atoms. The number of nitrogens with zero attached hydrogens (tertiary/aromatic N) is 1. The summed E-state index contributed by atoms with van der Waals surface area (Å²) in [6, 6.07) is 3.15. The van der Waals surface area contributed by atoms with Crippen molar-refractivity contribution in [3.63, 3.8) is 0 Å². The Bertz CT molecular complexity index is 360. The van der Waals surface area contributed by atoms with Gasteiger partial charge in [-0.05, 0) is 32.0 Å². The number of hydrogen-bond donors (Lipinski definition) is 1. The van der Waals surface area contributed by atoms with Gasteiger partial charge in [-0.15, -0.1) is 0 Å². The van der Waals surface area contributed by atoms with E-state index in [0.717, 1.165) is 18.2 Å². The Balaban J connectivity index is 3.04. The Kier molecular flexibility index (Phi) is 3.77. The maximum atomic E-state index is 13.3. The molecule has 0 radical (unpaired) electrons. The van der Waals surface area contributed by atoms with E-state index in [9.17, 15) is 8.78 Å². The lowest BCUT2D eigenvalue weighted by Gasteiger charge is -2.21. The molecule has 0 saturated heterocycles. The van der Waals surface area contributed by atoms with Crippen LogP contribution < -0.4 is 0 Å². The van der Waals surface area contributed by atoms with E-state index < -0.39 is 11.6 Å². The van der Waals surface area contributed by atoms with Crippen LogP contribution in [-0.2, 0) is 0 Å². The first-order valence-corrected chi connectivity index (χ1v) is 4.89. The lowest BCUT2D eigenvalue weighted by Crippen LogP contribution is -2.31. The molecule has 1 aromatic rings. The van der Waals surface area contributed by atoms with Crippen LogP contribution in [0.2, 0.25) is 0 Å². The van der Waals surface area contributed by atoms with Gasteiger partial charge in [0.15, 0.2) is 0 Å². The smallest absolute Gasteiger partial charge is 0.134 e. The normalized spacial score (nSPS) is 10.1. The van der Waals surface area contributed by atoms with Gasteiger partial charge in [0, 0.05) is 13.1 Å². The highest BCUT2D eigenvalue weighted by Crippen LogP contribution is 2.12. The summed E-state index contributed by atoms with van der Waals surface area (Å²) in [5.41, 5.74) is 0.0127. The van der Waals surface area contributed by atoms with Crippen molar-refractivity contribution in [1.82, 2.24) is 4.90 Å². The first-order valence-electron chi connectivity index (χ1n) is 4.89. The molecule has 82 valence electrons. The van der Waals surface area contributed by atoms with Crippen LogP contribution >= 0.6 is 0 Å². The highest BCUT2D eigenvalue weighted by atomic mass is 19.1. The number of halogens is 2. The highest BCUT2D eigenvalue weighted by Gasteiger charge is 2.13. The zero-order valence-corrected chi connectivity index (χ0v) is 8.85. The third kappa shape index (κ3) is 2.52. The zero-order chi connectivity index (χ0) is 11.4. The van der Waals surface area contributed by atoms with Crippen molar-refractivity contribution in [3.05, 3.63) is 35.4 Å². The molecule has 0 atom stereocenters. The molecule has 4 heteroatoms. The number of rotatable bonds is 3. The molecule has 1 aromatic carbocycles. The van der Waals surface area contributed by atoms with Crippen molar-refractivity contribution in [2.45, 2.75) is 13.8 Å². The van der Waals surface area contributed by atoms with Gasteiger partial charge in [0.2, 0.25) is 0 Å². The maximum absolute atomic E-state index is 13.3. The van der Waals surface area contributed by atoms with Gasteiger partial charge in [0.05, 0.1) is 5.56 Å². The molecule has 0 fully saturated rings. The van der Waals surface area contributed by atoms with Gasteiger partial charge in [-0.1, -0.05) is 0 Å². The Morgan fingerprint density at radius 1 is 1.27 bits per heavy atom. The Hall–Kier alpha value is -1.45. The molecule has 2 nitrogen and oxygen atoms in total. The van der Waals surface area contributed by atoms with Gasteiger partial charge in [0.1, 0.15) is 17.5 Å². The largest absolute Gasteiger partial charge is 0.357 e. The summed E-state index contributed by atoms with van der Waals surface area (Å²) in [6.45, 7) is 4.95. The molecule has 0 heterocycles. The lowest BCUT2D eigenvalue weighted by molar-refractivity contribution is 0.460. The topological polar surface area (TPSA) is 27.1 Å². The van der Waals surface area contributed by atoms with Gasteiger partial charge < -0.3 is 4.90 Å². The molecule has 0 aliphatic heterocycles. The highest BCUT2D eigenvalue weighted by molar-refractivity contribution is 5.96. The summed E-state index contributed by atoms with van der Waals surface area (Å²) in [5, 5.41) is 7.74. The van der Waals surface area contributed by atoms with E-state index in [1.807, 2.05) is 13.8 Å². The van der Waals surface area contributed by atoms with Crippen LogP contribution in [0, 0.1) is 17.0 Å². The molecule has 0 saturated carbocycles. The molecule has 0 unspecified atom stereocenters. The average molecular weight is 212 g/mol. The van der Waals surface area contributed by atoms with Crippen LogP contribution in [0.5, 0.6) is 0 Å². The fourth-order valence-electron chi connectivity index (χ4n) is 1.39. The van der Waals surface area contributed by atoms with E-state index in [2.05, 4.69) is 0 Å². The molecular formula is C11H14F2N2. The molecule has 0 aliphatic carbocycles. The molecule has 1 rings (SSSR count). The van der Waals surface area contributed by atoms with Crippen molar-refractivity contribution in [2.75, 3.05) is 13.1 Å². The first kappa shape index (κ1) is 11.6. The summed E-state index contributed by atoms with van der Waals surface area (Å²) in [4.78, 5) is 1.66. The summed E-state index contributed by atoms with van der Waals surface area (Å²) in [6.07, 6.45) is 0. The number of benzene rings is 1. The van der Waals surface area contributed by atoms with Gasteiger partial charge >= 0.3 is 0 Å². The molecule has 0 aliphatic rings. The Morgan fingerprint density at radius 2 is 1.87 bits per heavy atom. The minimum Gasteiger partial charge on any atom is -0.357 e. The van der Waals surface area contributed by atoms with Crippen molar-refractivity contribution < 1.29 is 8.78 Å². The van der Waals surface area contributed by atoms with Gasteiger partial charge in [-0.3, -0.25) is 5.41 Å². The summed E-state index contributed by atoms with van der Waals surface area (Å²) < 4.78 is 26.2. The molecule has 0 aromatic heterocycles. The second-order valence-corrected chi connectivity index (χ2v) is 3.15. The molecule has 15 heavy (non-hydrogen) atoms. The average Bonchev–Trinajstić information content (AvgIpc) is 2.23. The van der Waals surface area contributed by atoms with Crippen molar-refractivity contribution in [3.8, 4) is 0 Å². The van der Waals surface area contributed by atoms with Crippen molar-refractivity contribution in [1.29, 1.82) is 5.41 Å². The second-order valence-electron chi connectivity index (χ2n) is 3.15. The van der Waals surface area contributed by atoms with Crippen LogP contribution in [0.25, 0.3) is 0 Å². The van der Waals surface area contributed by atoms with E-state index in [1.165, 1.54) is 0 Å². The summed E-state index contributed by atoms with van der Waals surface area (Å²) in [5.74, 6) is -1.06. The zero-order valence-electron chi connectivity index (χ0n) is 8.85. The third-order valence-electron chi connectivity index (χ3n) is 2.26. The first-order chi connectivity index (χ1) is 7.10. The summed E-state index contributed by atoms with van der Waals surface area (Å²) in [7, 11) is 0. The standard InChI is InChI=1S/C11H14F2N2/c1-3-15(4-2)11(14)9-7-8(12)5-6-10(9)13/h5-7,14H,3-4H2,1-2H3. The third-order valence-corrected chi connectivity index (χ3v) is 2.26. The van der Waals surface area contributed by atoms with E-state index in [-0.39, 0.29) is 11.4 Å². The second kappa shape index (κ2) is 4.87. The molecular weight excluding hydrogens is 198 g/mol. The lowest BCUT2D eigenvalue weighted by atomic mass is 10.1. The fourth-order valence-corrected chi connectivity index (χ4v) is 1.39. The van der Waals surface area contributed by atoms with Crippen LogP contribution in [0.1, 0.15) is 19.4 Å². The monoisotopic (exact) mass is 212 g/mol. The molecule has 0 spiro atoms. The van der Waals surface area contributed by atoms with E-state index >= 15 is 0 Å². The predicted molar refractivity (Wildman–Crippen MR) is 56.1 cm³/mol. The van der Waals surface area contributed by atoms with E-state index in [4.69, 9.17) is 5.41 Å².